The fourth-order valence-corrected chi connectivity index (χ4v) is 1.12. The molecule has 0 N–H and O–H groups in total. The Morgan fingerprint density at radius 3 is 2.79 bits per heavy atom. The third-order valence-electron chi connectivity index (χ3n) is 1.68. The molecule has 1 aromatic heterocycles. The number of hydrogen-bond donors (Lipinski definition) is 0. The van der Waals surface area contributed by atoms with Gasteiger partial charge in [0.25, 0.3) is 0 Å². The molecule has 4 nitrogen and oxygen atoms in total. The number of aromatic nitrogens is 1. The number of methoxy groups -OCH3 is 2. The molecule has 0 saturated heterocycles. The molecule has 0 atom stereocenters. The molecule has 0 aromatic carbocycles. The number of carbonyl (C=O) groups excluding carboxylic acids is 1. The van der Waals surface area contributed by atoms with Crippen molar-refractivity contribution in [3.63, 3.8) is 0 Å². The summed E-state index contributed by atoms with van der Waals surface area (Å²) in [6, 6.07) is 1.56. The predicted molar refractivity (Wildman–Crippen MR) is 51.5 cm³/mol. The molecule has 0 saturated carbocycles. The van der Waals surface area contributed by atoms with Crippen molar-refractivity contribution in [2.24, 2.45) is 0 Å². The fourth-order valence-electron chi connectivity index (χ4n) is 0.911. The van der Waals surface area contributed by atoms with Gasteiger partial charge in [-0.05, 0) is 0 Å². The highest BCUT2D eigenvalue weighted by Crippen LogP contribution is 2.20. The highest BCUT2D eigenvalue weighted by molar-refractivity contribution is 6.31. The zero-order valence-corrected chi connectivity index (χ0v) is 8.67. The van der Waals surface area contributed by atoms with Gasteiger partial charge in [0, 0.05) is 17.8 Å². The number of carbonyl (C=O) groups is 1. The summed E-state index contributed by atoms with van der Waals surface area (Å²) in [5, 5.41) is 0.447. The molecular formula is C9H10ClNO3. The van der Waals surface area contributed by atoms with E-state index >= 15 is 0 Å². The van der Waals surface area contributed by atoms with E-state index in [0.29, 0.717) is 16.5 Å². The van der Waals surface area contributed by atoms with Crippen LogP contribution in [0.4, 0.5) is 0 Å². The van der Waals surface area contributed by atoms with Gasteiger partial charge in [-0.25, -0.2) is 4.98 Å². The first-order valence-corrected chi connectivity index (χ1v) is 4.30. The average molecular weight is 216 g/mol. The fraction of sp³-hybridized carbons (Fsp3) is 0.333. The summed E-state index contributed by atoms with van der Waals surface area (Å²) >= 11 is 5.88. The van der Waals surface area contributed by atoms with Gasteiger partial charge in [0.15, 0.2) is 0 Å². The molecule has 0 aliphatic carbocycles. The van der Waals surface area contributed by atoms with Crippen LogP contribution in [0.5, 0.6) is 5.88 Å². The number of esters is 1. The van der Waals surface area contributed by atoms with E-state index in [1.165, 1.54) is 20.4 Å². The molecule has 0 aliphatic heterocycles. The van der Waals surface area contributed by atoms with Crippen LogP contribution in [0, 0.1) is 0 Å². The van der Waals surface area contributed by atoms with Gasteiger partial charge in [0.1, 0.15) is 0 Å². The standard InChI is InChI=1S/C9H10ClNO3/c1-13-8-4-7(10)6(5-11-8)3-9(12)14-2/h4-5H,3H2,1-2H3. The molecule has 5 heteroatoms. The smallest absolute Gasteiger partial charge is 0.310 e. The van der Waals surface area contributed by atoms with Crippen molar-refractivity contribution in [2.75, 3.05) is 14.2 Å². The average Bonchev–Trinajstić information content (AvgIpc) is 2.20. The number of hydrogen-bond acceptors (Lipinski definition) is 4. The van der Waals surface area contributed by atoms with E-state index < -0.39 is 0 Å². The zero-order valence-electron chi connectivity index (χ0n) is 7.91. The lowest BCUT2D eigenvalue weighted by Gasteiger charge is -2.04. The Hall–Kier alpha value is -1.29. The van der Waals surface area contributed by atoms with E-state index in [-0.39, 0.29) is 12.4 Å². The van der Waals surface area contributed by atoms with Crippen molar-refractivity contribution in [2.45, 2.75) is 6.42 Å². The topological polar surface area (TPSA) is 48.4 Å². The number of nitrogens with zero attached hydrogens (tertiary/aromatic N) is 1. The quantitative estimate of drug-likeness (QED) is 0.717. The Bertz CT molecular complexity index is 341. The normalized spacial score (nSPS) is 9.64. The van der Waals surface area contributed by atoms with E-state index in [4.69, 9.17) is 16.3 Å². The summed E-state index contributed by atoms with van der Waals surface area (Å²) in [6.45, 7) is 0. The van der Waals surface area contributed by atoms with Gasteiger partial charge in [-0.3, -0.25) is 4.79 Å². The summed E-state index contributed by atoms with van der Waals surface area (Å²) < 4.78 is 9.38. The van der Waals surface area contributed by atoms with Crippen molar-refractivity contribution in [3.05, 3.63) is 22.8 Å². The molecule has 1 heterocycles. The van der Waals surface area contributed by atoms with Crippen LogP contribution in [0.1, 0.15) is 5.56 Å². The molecule has 0 bridgehead atoms. The van der Waals surface area contributed by atoms with E-state index in [0.717, 1.165) is 0 Å². The lowest BCUT2D eigenvalue weighted by atomic mass is 10.2. The Morgan fingerprint density at radius 2 is 2.29 bits per heavy atom. The second kappa shape index (κ2) is 4.81. The monoisotopic (exact) mass is 215 g/mol. The van der Waals surface area contributed by atoms with Crippen LogP contribution in [0.25, 0.3) is 0 Å². The Kier molecular flexibility index (Phi) is 3.71. The van der Waals surface area contributed by atoms with Crippen LogP contribution in [-0.4, -0.2) is 25.2 Å². The first-order chi connectivity index (χ1) is 6.67. The van der Waals surface area contributed by atoms with E-state index in [9.17, 15) is 4.79 Å². The Labute approximate surface area is 86.8 Å². The van der Waals surface area contributed by atoms with Crippen molar-refractivity contribution in [1.82, 2.24) is 4.98 Å². The minimum absolute atomic E-state index is 0.117. The number of halogens is 1. The molecule has 0 spiro atoms. The molecule has 76 valence electrons. The lowest BCUT2D eigenvalue weighted by molar-refractivity contribution is -0.139. The van der Waals surface area contributed by atoms with Crippen LogP contribution in [0.15, 0.2) is 12.3 Å². The molecular weight excluding hydrogens is 206 g/mol. The van der Waals surface area contributed by atoms with Gasteiger partial charge in [-0.15, -0.1) is 0 Å². The maximum absolute atomic E-state index is 10.9. The Balaban J connectivity index is 2.83. The molecule has 0 fully saturated rings. The van der Waals surface area contributed by atoms with Crippen LogP contribution in [0.3, 0.4) is 0 Å². The third kappa shape index (κ3) is 2.60. The highest BCUT2D eigenvalue weighted by Gasteiger charge is 2.08. The van der Waals surface area contributed by atoms with Crippen LogP contribution >= 0.6 is 11.6 Å². The van der Waals surface area contributed by atoms with Crippen LogP contribution in [0.2, 0.25) is 5.02 Å². The molecule has 1 aromatic rings. The molecule has 0 amide bonds. The largest absolute Gasteiger partial charge is 0.481 e. The van der Waals surface area contributed by atoms with Gasteiger partial charge < -0.3 is 9.47 Å². The Morgan fingerprint density at radius 1 is 1.57 bits per heavy atom. The maximum Gasteiger partial charge on any atom is 0.310 e. The molecule has 0 aliphatic rings. The summed E-state index contributed by atoms with van der Waals surface area (Å²) in [5.41, 5.74) is 0.624. The first kappa shape index (κ1) is 10.8. The van der Waals surface area contributed by atoms with Gasteiger partial charge >= 0.3 is 5.97 Å². The van der Waals surface area contributed by atoms with Gasteiger partial charge in [0.05, 0.1) is 25.7 Å². The second-order valence-corrected chi connectivity index (χ2v) is 2.98. The van der Waals surface area contributed by atoms with Crippen molar-refractivity contribution >= 4 is 17.6 Å². The third-order valence-corrected chi connectivity index (χ3v) is 2.03. The van der Waals surface area contributed by atoms with E-state index in [1.807, 2.05) is 0 Å². The van der Waals surface area contributed by atoms with Crippen molar-refractivity contribution in [1.29, 1.82) is 0 Å². The summed E-state index contributed by atoms with van der Waals surface area (Å²) in [5.74, 6) is 0.0717. The van der Waals surface area contributed by atoms with Gasteiger partial charge in [0.2, 0.25) is 5.88 Å². The molecule has 0 unspecified atom stereocenters. The first-order valence-electron chi connectivity index (χ1n) is 3.92. The number of pyridine rings is 1. The van der Waals surface area contributed by atoms with E-state index in [2.05, 4.69) is 9.72 Å². The SMILES string of the molecule is COC(=O)Cc1cnc(OC)cc1Cl. The van der Waals surface area contributed by atoms with Crippen molar-refractivity contribution in [3.8, 4) is 5.88 Å². The van der Waals surface area contributed by atoms with Crippen LogP contribution in [-0.2, 0) is 16.0 Å². The van der Waals surface area contributed by atoms with Crippen molar-refractivity contribution < 1.29 is 14.3 Å². The van der Waals surface area contributed by atoms with Gasteiger partial charge in [-0.2, -0.15) is 0 Å². The summed E-state index contributed by atoms with van der Waals surface area (Å²) in [7, 11) is 2.83. The van der Waals surface area contributed by atoms with Crippen LogP contribution < -0.4 is 4.74 Å². The minimum Gasteiger partial charge on any atom is -0.481 e. The highest BCUT2D eigenvalue weighted by atomic mass is 35.5. The maximum atomic E-state index is 10.9. The number of ether oxygens (including phenoxy) is 2. The van der Waals surface area contributed by atoms with E-state index in [1.54, 1.807) is 6.07 Å². The van der Waals surface area contributed by atoms with Gasteiger partial charge in [-0.1, -0.05) is 11.6 Å². The summed E-state index contributed by atoms with van der Waals surface area (Å²) in [6.07, 6.45) is 1.62. The molecule has 14 heavy (non-hydrogen) atoms. The zero-order chi connectivity index (χ0) is 10.6. The molecule has 1 rings (SSSR count). The second-order valence-electron chi connectivity index (χ2n) is 2.57. The lowest BCUT2D eigenvalue weighted by Crippen LogP contribution is -2.05. The summed E-state index contributed by atoms with van der Waals surface area (Å²) in [4.78, 5) is 14.9. The minimum atomic E-state index is -0.348. The number of rotatable bonds is 3. The predicted octanol–water partition coefficient (Wildman–Crippen LogP) is 1.46. The molecule has 0 radical (unpaired) electrons.